The maximum atomic E-state index is 12.0. The number of thiophene rings is 1. The average Bonchev–Trinajstić information content (AvgIpc) is 2.75. The fourth-order valence-electron chi connectivity index (χ4n) is 1.38. The van der Waals surface area contributed by atoms with Crippen molar-refractivity contribution in [1.29, 1.82) is 0 Å². The molecule has 1 heterocycles. The van der Waals surface area contributed by atoms with E-state index in [1.807, 2.05) is 17.5 Å². The predicted molar refractivity (Wildman–Crippen MR) is 67.1 cm³/mol. The van der Waals surface area contributed by atoms with Crippen LogP contribution in [0.15, 0.2) is 35.7 Å². The Kier molecular flexibility index (Phi) is 3.39. The van der Waals surface area contributed by atoms with Crippen molar-refractivity contribution in [1.82, 2.24) is 0 Å². The Morgan fingerprint density at radius 2 is 1.94 bits per heavy atom. The van der Waals surface area contributed by atoms with Gasteiger partial charge in [0, 0.05) is 12.1 Å². The van der Waals surface area contributed by atoms with Crippen molar-refractivity contribution in [2.24, 2.45) is 5.73 Å². The van der Waals surface area contributed by atoms with E-state index in [4.69, 9.17) is 17.3 Å². The standard InChI is InChI=1S/C12H10ClNOS/c13-10-5-6-16-12(10)11(15)9-3-1-8(7-14)2-4-9/h1-6H,7,14H2. The molecule has 16 heavy (non-hydrogen) atoms. The minimum absolute atomic E-state index is 0.0384. The first-order valence-electron chi connectivity index (χ1n) is 4.79. The Balaban J connectivity index is 2.31. The van der Waals surface area contributed by atoms with Gasteiger partial charge in [0.25, 0.3) is 0 Å². The summed E-state index contributed by atoms with van der Waals surface area (Å²) in [6, 6.07) is 9.00. The highest BCUT2D eigenvalue weighted by Crippen LogP contribution is 2.25. The first-order chi connectivity index (χ1) is 7.72. The van der Waals surface area contributed by atoms with E-state index in [2.05, 4.69) is 0 Å². The zero-order valence-electron chi connectivity index (χ0n) is 8.44. The van der Waals surface area contributed by atoms with E-state index in [9.17, 15) is 4.79 Å². The third-order valence-corrected chi connectivity index (χ3v) is 3.62. The molecule has 4 heteroatoms. The zero-order chi connectivity index (χ0) is 11.5. The lowest BCUT2D eigenvalue weighted by molar-refractivity contribution is 0.104. The molecule has 1 aromatic carbocycles. The Hall–Kier alpha value is -1.16. The molecule has 0 fully saturated rings. The number of nitrogens with two attached hydrogens (primary N) is 1. The van der Waals surface area contributed by atoms with Gasteiger partial charge in [-0.25, -0.2) is 0 Å². The van der Waals surface area contributed by atoms with Gasteiger partial charge in [-0.3, -0.25) is 4.79 Å². The molecule has 0 spiro atoms. The molecule has 0 aliphatic rings. The molecule has 0 amide bonds. The van der Waals surface area contributed by atoms with Crippen molar-refractivity contribution in [3.8, 4) is 0 Å². The van der Waals surface area contributed by atoms with Crippen LogP contribution >= 0.6 is 22.9 Å². The highest BCUT2D eigenvalue weighted by molar-refractivity contribution is 7.13. The van der Waals surface area contributed by atoms with Gasteiger partial charge in [-0.2, -0.15) is 0 Å². The van der Waals surface area contributed by atoms with E-state index in [1.54, 1.807) is 18.2 Å². The number of hydrogen-bond acceptors (Lipinski definition) is 3. The van der Waals surface area contributed by atoms with Crippen molar-refractivity contribution in [2.75, 3.05) is 0 Å². The van der Waals surface area contributed by atoms with Gasteiger partial charge < -0.3 is 5.73 Å². The minimum Gasteiger partial charge on any atom is -0.326 e. The molecule has 0 bridgehead atoms. The summed E-state index contributed by atoms with van der Waals surface area (Å²) in [5, 5.41) is 2.32. The lowest BCUT2D eigenvalue weighted by Gasteiger charge is -2.01. The third-order valence-electron chi connectivity index (χ3n) is 2.28. The van der Waals surface area contributed by atoms with E-state index in [0.29, 0.717) is 22.0 Å². The average molecular weight is 252 g/mol. The highest BCUT2D eigenvalue weighted by atomic mass is 35.5. The van der Waals surface area contributed by atoms with E-state index in [-0.39, 0.29) is 5.78 Å². The fraction of sp³-hybridized carbons (Fsp3) is 0.0833. The summed E-state index contributed by atoms with van der Waals surface area (Å²) in [6.07, 6.45) is 0. The SMILES string of the molecule is NCc1ccc(C(=O)c2sccc2Cl)cc1. The Bertz CT molecular complexity index is 504. The molecular weight excluding hydrogens is 242 g/mol. The second-order valence-corrected chi connectivity index (χ2v) is 4.65. The van der Waals surface area contributed by atoms with Gasteiger partial charge in [-0.1, -0.05) is 35.9 Å². The number of halogens is 1. The summed E-state index contributed by atoms with van der Waals surface area (Å²) < 4.78 is 0. The summed E-state index contributed by atoms with van der Waals surface area (Å²) in [6.45, 7) is 0.480. The number of ketones is 1. The van der Waals surface area contributed by atoms with Crippen molar-refractivity contribution in [2.45, 2.75) is 6.54 Å². The van der Waals surface area contributed by atoms with E-state index in [0.717, 1.165) is 5.56 Å². The van der Waals surface area contributed by atoms with E-state index in [1.165, 1.54) is 11.3 Å². The van der Waals surface area contributed by atoms with Gasteiger partial charge in [-0.15, -0.1) is 11.3 Å². The van der Waals surface area contributed by atoms with E-state index >= 15 is 0 Å². The van der Waals surface area contributed by atoms with Gasteiger partial charge in [0.2, 0.25) is 5.78 Å². The van der Waals surface area contributed by atoms with Gasteiger partial charge in [0.05, 0.1) is 9.90 Å². The molecule has 82 valence electrons. The van der Waals surface area contributed by atoms with Crippen molar-refractivity contribution >= 4 is 28.7 Å². The van der Waals surface area contributed by atoms with Crippen LogP contribution in [-0.4, -0.2) is 5.78 Å². The summed E-state index contributed by atoms with van der Waals surface area (Å²) in [4.78, 5) is 12.6. The number of rotatable bonds is 3. The number of carbonyl (C=O) groups is 1. The van der Waals surface area contributed by atoms with Gasteiger partial charge in [0.15, 0.2) is 0 Å². The molecule has 0 aliphatic carbocycles. The van der Waals surface area contributed by atoms with E-state index < -0.39 is 0 Å². The Labute approximate surface area is 103 Å². The second-order valence-electron chi connectivity index (χ2n) is 3.33. The Morgan fingerprint density at radius 1 is 1.25 bits per heavy atom. The molecule has 2 nitrogen and oxygen atoms in total. The van der Waals surface area contributed by atoms with Crippen LogP contribution in [0.5, 0.6) is 0 Å². The lowest BCUT2D eigenvalue weighted by atomic mass is 10.1. The molecule has 0 unspecified atom stereocenters. The van der Waals surface area contributed by atoms with Crippen molar-refractivity contribution < 1.29 is 4.79 Å². The molecule has 0 saturated heterocycles. The summed E-state index contributed by atoms with van der Waals surface area (Å²) >= 11 is 7.27. The van der Waals surface area contributed by atoms with Gasteiger partial charge in [0.1, 0.15) is 0 Å². The van der Waals surface area contributed by atoms with Crippen LogP contribution < -0.4 is 5.73 Å². The number of hydrogen-bond donors (Lipinski definition) is 1. The lowest BCUT2D eigenvalue weighted by Crippen LogP contribution is -2.01. The first-order valence-corrected chi connectivity index (χ1v) is 6.05. The van der Waals surface area contributed by atoms with Crippen molar-refractivity contribution in [3.05, 3.63) is 56.7 Å². The number of carbonyl (C=O) groups excluding carboxylic acids is 1. The quantitative estimate of drug-likeness (QED) is 0.852. The van der Waals surface area contributed by atoms with Crippen LogP contribution in [0.25, 0.3) is 0 Å². The summed E-state index contributed by atoms with van der Waals surface area (Å²) in [7, 11) is 0. The molecule has 0 saturated carbocycles. The molecule has 2 rings (SSSR count). The molecule has 0 radical (unpaired) electrons. The van der Waals surface area contributed by atoms with Crippen molar-refractivity contribution in [3.63, 3.8) is 0 Å². The third kappa shape index (κ3) is 2.16. The topological polar surface area (TPSA) is 43.1 Å². The number of benzene rings is 1. The predicted octanol–water partition coefficient (Wildman–Crippen LogP) is 3.09. The van der Waals surface area contributed by atoms with Crippen LogP contribution in [0.3, 0.4) is 0 Å². The van der Waals surface area contributed by atoms with Gasteiger partial charge >= 0.3 is 0 Å². The Morgan fingerprint density at radius 3 is 2.44 bits per heavy atom. The fourth-order valence-corrected chi connectivity index (χ4v) is 2.48. The normalized spacial score (nSPS) is 10.4. The molecule has 1 aromatic heterocycles. The highest BCUT2D eigenvalue weighted by Gasteiger charge is 2.13. The molecule has 2 aromatic rings. The summed E-state index contributed by atoms with van der Waals surface area (Å²) in [5.74, 6) is -0.0384. The smallest absolute Gasteiger partial charge is 0.204 e. The second kappa shape index (κ2) is 4.78. The monoisotopic (exact) mass is 251 g/mol. The summed E-state index contributed by atoms with van der Waals surface area (Å²) in [5.41, 5.74) is 7.14. The largest absolute Gasteiger partial charge is 0.326 e. The minimum atomic E-state index is -0.0384. The zero-order valence-corrected chi connectivity index (χ0v) is 10.0. The van der Waals surface area contributed by atoms with Gasteiger partial charge in [-0.05, 0) is 17.0 Å². The maximum absolute atomic E-state index is 12.0. The van der Waals surface area contributed by atoms with Crippen LogP contribution in [0, 0.1) is 0 Å². The molecule has 2 N–H and O–H groups in total. The van der Waals surface area contributed by atoms with Crippen LogP contribution in [0.2, 0.25) is 5.02 Å². The van der Waals surface area contributed by atoms with Crippen LogP contribution in [0.1, 0.15) is 20.8 Å². The first kappa shape index (κ1) is 11.3. The maximum Gasteiger partial charge on any atom is 0.204 e. The molecule has 0 aliphatic heterocycles. The molecular formula is C12H10ClNOS. The van der Waals surface area contributed by atoms with Crippen LogP contribution in [0.4, 0.5) is 0 Å². The molecule has 0 atom stereocenters. The van der Waals surface area contributed by atoms with Crippen LogP contribution in [-0.2, 0) is 6.54 Å².